The third-order valence-electron chi connectivity index (χ3n) is 4.60. The molecule has 1 heterocycles. The number of rotatable bonds is 5. The normalized spacial score (nSPS) is 25.5. The molecule has 2 atom stereocenters. The second-order valence-electron chi connectivity index (χ2n) is 8.29. The van der Waals surface area contributed by atoms with Crippen molar-refractivity contribution >= 4 is 0 Å². The number of aliphatic hydroxyl groups is 1. The van der Waals surface area contributed by atoms with Crippen LogP contribution in [-0.2, 0) is 0 Å². The van der Waals surface area contributed by atoms with Crippen molar-refractivity contribution in [3.63, 3.8) is 0 Å². The number of likely N-dealkylation sites (tertiary alicyclic amines) is 1. The molecule has 2 unspecified atom stereocenters. The Morgan fingerprint density at radius 2 is 1.80 bits per heavy atom. The van der Waals surface area contributed by atoms with Crippen molar-refractivity contribution in [3.8, 4) is 0 Å². The lowest BCUT2D eigenvalue weighted by molar-refractivity contribution is 0.112. The molecule has 3 nitrogen and oxygen atoms in total. The van der Waals surface area contributed by atoms with Gasteiger partial charge in [0.1, 0.15) is 0 Å². The van der Waals surface area contributed by atoms with Gasteiger partial charge in [-0.2, -0.15) is 0 Å². The smallest absolute Gasteiger partial charge is 0.0623 e. The van der Waals surface area contributed by atoms with Gasteiger partial charge in [0, 0.05) is 12.6 Å². The Kier molecular flexibility index (Phi) is 6.49. The van der Waals surface area contributed by atoms with E-state index in [9.17, 15) is 5.11 Å². The molecule has 1 aliphatic rings. The molecule has 120 valence electrons. The van der Waals surface area contributed by atoms with E-state index in [2.05, 4.69) is 51.8 Å². The van der Waals surface area contributed by atoms with E-state index >= 15 is 0 Å². The van der Waals surface area contributed by atoms with Gasteiger partial charge in [0.25, 0.3) is 0 Å². The van der Waals surface area contributed by atoms with Crippen LogP contribution in [0.25, 0.3) is 0 Å². The molecule has 2 N–H and O–H groups in total. The zero-order valence-electron chi connectivity index (χ0n) is 14.5. The Morgan fingerprint density at radius 3 is 2.30 bits per heavy atom. The maximum Gasteiger partial charge on any atom is 0.0623 e. The van der Waals surface area contributed by atoms with Crippen LogP contribution < -0.4 is 5.32 Å². The van der Waals surface area contributed by atoms with Crippen LogP contribution >= 0.6 is 0 Å². The fourth-order valence-electron chi connectivity index (χ4n) is 3.51. The standard InChI is InChI=1S/C17H36N2O/c1-14(2)18-17(6,13-20)12-19-10-7-8-15(9-11-19)16(3,4)5/h14-15,18,20H,7-13H2,1-6H3. The van der Waals surface area contributed by atoms with Crippen LogP contribution in [0.4, 0.5) is 0 Å². The highest BCUT2D eigenvalue weighted by molar-refractivity contribution is 4.89. The monoisotopic (exact) mass is 284 g/mol. The van der Waals surface area contributed by atoms with Gasteiger partial charge in [-0.25, -0.2) is 0 Å². The summed E-state index contributed by atoms with van der Waals surface area (Å²) in [6.07, 6.45) is 3.91. The van der Waals surface area contributed by atoms with Crippen molar-refractivity contribution in [2.75, 3.05) is 26.2 Å². The minimum absolute atomic E-state index is 0.185. The Bertz CT molecular complexity index is 285. The van der Waals surface area contributed by atoms with Gasteiger partial charge in [0.05, 0.1) is 12.1 Å². The lowest BCUT2D eigenvalue weighted by atomic mass is 9.77. The summed E-state index contributed by atoms with van der Waals surface area (Å²) in [5.41, 5.74) is 0.238. The molecule has 0 amide bonds. The molecule has 0 aromatic rings. The maximum absolute atomic E-state index is 9.73. The van der Waals surface area contributed by atoms with Crippen LogP contribution in [0.5, 0.6) is 0 Å². The van der Waals surface area contributed by atoms with E-state index in [1.165, 1.54) is 25.8 Å². The Morgan fingerprint density at radius 1 is 1.15 bits per heavy atom. The molecule has 0 spiro atoms. The summed E-state index contributed by atoms with van der Waals surface area (Å²) in [6.45, 7) is 17.0. The molecule has 1 saturated heterocycles. The molecule has 0 aromatic heterocycles. The lowest BCUT2D eigenvalue weighted by Crippen LogP contribution is -2.56. The van der Waals surface area contributed by atoms with Crippen LogP contribution in [0.1, 0.15) is 60.8 Å². The molecule has 0 radical (unpaired) electrons. The van der Waals surface area contributed by atoms with E-state index in [-0.39, 0.29) is 12.1 Å². The summed E-state index contributed by atoms with van der Waals surface area (Å²) in [6, 6.07) is 0.404. The third kappa shape index (κ3) is 5.71. The number of nitrogens with zero attached hydrogens (tertiary/aromatic N) is 1. The maximum atomic E-state index is 9.73. The number of aliphatic hydroxyl groups excluding tert-OH is 1. The van der Waals surface area contributed by atoms with Crippen LogP contribution in [0.3, 0.4) is 0 Å². The number of hydrogen-bond donors (Lipinski definition) is 2. The van der Waals surface area contributed by atoms with E-state index in [1.54, 1.807) is 0 Å². The first-order valence-corrected chi connectivity index (χ1v) is 8.27. The van der Waals surface area contributed by atoms with Crippen LogP contribution in [0.2, 0.25) is 0 Å². The molecule has 0 aromatic carbocycles. The molecular formula is C17H36N2O. The van der Waals surface area contributed by atoms with Crippen LogP contribution in [0, 0.1) is 11.3 Å². The predicted octanol–water partition coefficient (Wildman–Crippen LogP) is 2.88. The topological polar surface area (TPSA) is 35.5 Å². The summed E-state index contributed by atoms with van der Waals surface area (Å²) in [5.74, 6) is 0.825. The summed E-state index contributed by atoms with van der Waals surface area (Å²) >= 11 is 0. The van der Waals surface area contributed by atoms with Gasteiger partial charge in [0.2, 0.25) is 0 Å². The Labute approximate surface area is 126 Å². The van der Waals surface area contributed by atoms with Crippen molar-refractivity contribution in [1.82, 2.24) is 10.2 Å². The SMILES string of the molecule is CC(C)NC(C)(CO)CN1CCCC(C(C)(C)C)CC1. The van der Waals surface area contributed by atoms with Crippen molar-refractivity contribution < 1.29 is 5.11 Å². The van der Waals surface area contributed by atoms with E-state index in [0.717, 1.165) is 19.0 Å². The average Bonchev–Trinajstić information content (AvgIpc) is 2.52. The zero-order valence-corrected chi connectivity index (χ0v) is 14.5. The molecular weight excluding hydrogens is 248 g/mol. The van der Waals surface area contributed by atoms with Gasteiger partial charge in [-0.3, -0.25) is 0 Å². The zero-order chi connectivity index (χ0) is 15.4. The fourth-order valence-corrected chi connectivity index (χ4v) is 3.51. The highest BCUT2D eigenvalue weighted by Gasteiger charge is 2.31. The van der Waals surface area contributed by atoms with Crippen molar-refractivity contribution in [2.24, 2.45) is 11.3 Å². The summed E-state index contributed by atoms with van der Waals surface area (Å²) in [4.78, 5) is 2.54. The van der Waals surface area contributed by atoms with Crippen molar-refractivity contribution in [2.45, 2.75) is 72.4 Å². The summed E-state index contributed by atoms with van der Waals surface area (Å²) in [7, 11) is 0. The van der Waals surface area contributed by atoms with E-state index in [0.29, 0.717) is 11.5 Å². The minimum atomic E-state index is -0.185. The lowest BCUT2D eigenvalue weighted by Gasteiger charge is -2.36. The van der Waals surface area contributed by atoms with Gasteiger partial charge in [-0.05, 0) is 50.6 Å². The first-order valence-electron chi connectivity index (χ1n) is 8.27. The largest absolute Gasteiger partial charge is 0.394 e. The van der Waals surface area contributed by atoms with Crippen molar-refractivity contribution in [1.29, 1.82) is 0 Å². The van der Waals surface area contributed by atoms with Crippen LogP contribution in [-0.4, -0.2) is 47.8 Å². The highest BCUT2D eigenvalue weighted by atomic mass is 16.3. The average molecular weight is 284 g/mol. The molecule has 3 heteroatoms. The first kappa shape index (κ1) is 17.9. The van der Waals surface area contributed by atoms with Crippen LogP contribution in [0.15, 0.2) is 0 Å². The van der Waals surface area contributed by atoms with Gasteiger partial charge >= 0.3 is 0 Å². The quantitative estimate of drug-likeness (QED) is 0.815. The highest BCUT2D eigenvalue weighted by Crippen LogP contribution is 2.34. The van der Waals surface area contributed by atoms with Gasteiger partial charge in [0.15, 0.2) is 0 Å². The Balaban J connectivity index is 2.56. The van der Waals surface area contributed by atoms with Gasteiger partial charge in [-0.1, -0.05) is 34.6 Å². The van der Waals surface area contributed by atoms with Crippen molar-refractivity contribution in [3.05, 3.63) is 0 Å². The molecule has 1 rings (SSSR count). The number of nitrogens with one attached hydrogen (secondary N) is 1. The second kappa shape index (κ2) is 7.24. The van der Waals surface area contributed by atoms with E-state index in [4.69, 9.17) is 0 Å². The summed E-state index contributed by atoms with van der Waals surface area (Å²) < 4.78 is 0. The minimum Gasteiger partial charge on any atom is -0.394 e. The fraction of sp³-hybridized carbons (Fsp3) is 1.00. The molecule has 1 aliphatic heterocycles. The van der Waals surface area contributed by atoms with Gasteiger partial charge in [-0.15, -0.1) is 0 Å². The molecule has 0 aliphatic carbocycles. The summed E-state index contributed by atoms with van der Waals surface area (Å²) in [5, 5.41) is 13.3. The molecule has 20 heavy (non-hydrogen) atoms. The van der Waals surface area contributed by atoms with E-state index < -0.39 is 0 Å². The third-order valence-corrected chi connectivity index (χ3v) is 4.60. The molecule has 0 saturated carbocycles. The molecule has 0 bridgehead atoms. The van der Waals surface area contributed by atoms with Gasteiger partial charge < -0.3 is 15.3 Å². The molecule has 1 fully saturated rings. The predicted molar refractivity (Wildman–Crippen MR) is 87.0 cm³/mol. The first-order chi connectivity index (χ1) is 9.16. The Hall–Kier alpha value is -0.120. The number of hydrogen-bond acceptors (Lipinski definition) is 3. The van der Waals surface area contributed by atoms with E-state index in [1.807, 2.05) is 0 Å². The second-order valence-corrected chi connectivity index (χ2v) is 8.29.